The highest BCUT2D eigenvalue weighted by Crippen LogP contribution is 1.80. The molecule has 0 aromatic rings. The van der Waals surface area contributed by atoms with Crippen molar-refractivity contribution < 1.29 is 4.79 Å². The summed E-state index contributed by atoms with van der Waals surface area (Å²) in [5.41, 5.74) is 5.23. The Hall–Kier alpha value is -0.830. The quantitative estimate of drug-likeness (QED) is 0.335. The van der Waals surface area contributed by atoms with Crippen molar-refractivity contribution in [1.82, 2.24) is 10.9 Å². The van der Waals surface area contributed by atoms with E-state index in [2.05, 4.69) is 24.4 Å². The van der Waals surface area contributed by atoms with E-state index in [0.717, 1.165) is 19.4 Å². The molecule has 0 aromatic carbocycles. The number of hydrogen-bond acceptors (Lipinski definition) is 2. The lowest BCUT2D eigenvalue weighted by Crippen LogP contribution is -2.36. The van der Waals surface area contributed by atoms with Gasteiger partial charge in [-0.15, -0.1) is 0 Å². The molecule has 58 valence electrons. The summed E-state index contributed by atoms with van der Waals surface area (Å²) in [6, 6.07) is 0. The number of nitrogens with one attached hydrogen (secondary N) is 2. The van der Waals surface area contributed by atoms with Crippen molar-refractivity contribution in [2.24, 2.45) is 0 Å². The van der Waals surface area contributed by atoms with Crippen molar-refractivity contribution in [3.63, 3.8) is 0 Å². The first-order valence-corrected chi connectivity index (χ1v) is 3.46. The summed E-state index contributed by atoms with van der Waals surface area (Å²) in [5.74, 6) is -0.184. The van der Waals surface area contributed by atoms with E-state index in [1.807, 2.05) is 0 Å². The molecule has 10 heavy (non-hydrogen) atoms. The minimum Gasteiger partial charge on any atom is -0.288 e. The van der Waals surface area contributed by atoms with E-state index in [-0.39, 0.29) is 5.91 Å². The zero-order valence-corrected chi connectivity index (χ0v) is 6.31. The minimum atomic E-state index is -0.184. The second kappa shape index (κ2) is 6.29. The van der Waals surface area contributed by atoms with Gasteiger partial charge in [-0.05, 0) is 12.5 Å². The number of hydrogen-bond donors (Lipinski definition) is 2. The summed E-state index contributed by atoms with van der Waals surface area (Å²) < 4.78 is 0. The second-order valence-corrected chi connectivity index (χ2v) is 1.97. The summed E-state index contributed by atoms with van der Waals surface area (Å²) in [7, 11) is 0. The molecule has 0 saturated carbocycles. The molecule has 0 spiro atoms. The highest BCUT2D eigenvalue weighted by molar-refractivity contribution is 5.86. The van der Waals surface area contributed by atoms with Crippen LogP contribution in [0.15, 0.2) is 12.7 Å². The smallest absolute Gasteiger partial charge is 0.257 e. The Kier molecular flexibility index (Phi) is 5.77. The van der Waals surface area contributed by atoms with Gasteiger partial charge in [0.25, 0.3) is 5.91 Å². The lowest BCUT2D eigenvalue weighted by atomic mass is 10.3. The van der Waals surface area contributed by atoms with Gasteiger partial charge in [0.1, 0.15) is 0 Å². The molecule has 0 saturated heterocycles. The first kappa shape index (κ1) is 9.17. The summed E-state index contributed by atoms with van der Waals surface area (Å²) in [4.78, 5) is 10.5. The third-order valence-electron chi connectivity index (χ3n) is 1.05. The minimum absolute atomic E-state index is 0.184. The number of carbonyl (C=O) groups is 1. The average Bonchev–Trinajstić information content (AvgIpc) is 1.98. The fraction of sp³-hybridized carbons (Fsp3) is 0.571. The molecule has 0 heterocycles. The van der Waals surface area contributed by atoms with Gasteiger partial charge in [0.2, 0.25) is 0 Å². The van der Waals surface area contributed by atoms with Crippen LogP contribution in [0, 0.1) is 0 Å². The Labute approximate surface area is 61.5 Å². The first-order valence-electron chi connectivity index (χ1n) is 3.46. The summed E-state index contributed by atoms with van der Waals surface area (Å²) in [6.45, 7) is 6.22. The Morgan fingerprint density at radius 1 is 1.70 bits per heavy atom. The lowest BCUT2D eigenvalue weighted by molar-refractivity contribution is -0.117. The van der Waals surface area contributed by atoms with Crippen molar-refractivity contribution >= 4 is 5.91 Å². The van der Waals surface area contributed by atoms with E-state index in [1.165, 1.54) is 6.08 Å². The van der Waals surface area contributed by atoms with Gasteiger partial charge in [-0.25, -0.2) is 5.43 Å². The third-order valence-corrected chi connectivity index (χ3v) is 1.05. The molecule has 0 rings (SSSR count). The molecule has 0 unspecified atom stereocenters. The summed E-state index contributed by atoms with van der Waals surface area (Å²) >= 11 is 0. The molecule has 0 aliphatic carbocycles. The van der Waals surface area contributed by atoms with Gasteiger partial charge in [-0.2, -0.15) is 0 Å². The van der Waals surface area contributed by atoms with Crippen LogP contribution in [0.3, 0.4) is 0 Å². The van der Waals surface area contributed by atoms with Gasteiger partial charge < -0.3 is 0 Å². The van der Waals surface area contributed by atoms with Crippen LogP contribution < -0.4 is 10.9 Å². The topological polar surface area (TPSA) is 41.1 Å². The maximum atomic E-state index is 10.5. The predicted octanol–water partition coefficient (Wildman–Crippen LogP) is 0.593. The molecule has 1 amide bonds. The van der Waals surface area contributed by atoms with Crippen molar-refractivity contribution in [1.29, 1.82) is 0 Å². The van der Waals surface area contributed by atoms with Crippen molar-refractivity contribution in [3.8, 4) is 0 Å². The highest BCUT2D eigenvalue weighted by atomic mass is 16.2. The van der Waals surface area contributed by atoms with Gasteiger partial charge in [-0.3, -0.25) is 10.2 Å². The van der Waals surface area contributed by atoms with Gasteiger partial charge in [0.05, 0.1) is 0 Å². The molecule has 0 aliphatic heterocycles. The van der Waals surface area contributed by atoms with E-state index >= 15 is 0 Å². The molecule has 2 N–H and O–H groups in total. The van der Waals surface area contributed by atoms with E-state index in [1.54, 1.807) is 0 Å². The fourth-order valence-electron chi connectivity index (χ4n) is 0.466. The Morgan fingerprint density at radius 3 is 2.90 bits per heavy atom. The number of carbonyl (C=O) groups excluding carboxylic acids is 1. The van der Waals surface area contributed by atoms with Crippen molar-refractivity contribution in [3.05, 3.63) is 12.7 Å². The molecule has 0 aliphatic rings. The van der Waals surface area contributed by atoms with Gasteiger partial charge >= 0.3 is 0 Å². The molecular formula is C7H14N2O. The molecule has 0 bridgehead atoms. The molecule has 3 nitrogen and oxygen atoms in total. The first-order chi connectivity index (χ1) is 4.81. The van der Waals surface area contributed by atoms with Crippen LogP contribution in [0.5, 0.6) is 0 Å². The SMILES string of the molecule is C=CC(=O)NNCCCC. The van der Waals surface area contributed by atoms with E-state index < -0.39 is 0 Å². The van der Waals surface area contributed by atoms with Gasteiger partial charge in [0.15, 0.2) is 0 Å². The maximum Gasteiger partial charge on any atom is 0.257 e. The monoisotopic (exact) mass is 142 g/mol. The standard InChI is InChI=1S/C7H14N2O/c1-3-5-6-8-9-7(10)4-2/h4,8H,2-3,5-6H2,1H3,(H,9,10). The van der Waals surface area contributed by atoms with Crippen LogP contribution in [0.2, 0.25) is 0 Å². The Morgan fingerprint density at radius 2 is 2.40 bits per heavy atom. The molecule has 0 fully saturated rings. The molecule has 0 radical (unpaired) electrons. The third kappa shape index (κ3) is 5.31. The number of unbranched alkanes of at least 4 members (excludes halogenated alkanes) is 1. The van der Waals surface area contributed by atoms with Crippen molar-refractivity contribution in [2.75, 3.05) is 6.54 Å². The van der Waals surface area contributed by atoms with Gasteiger partial charge in [0, 0.05) is 6.54 Å². The Balaban J connectivity index is 3.03. The zero-order valence-electron chi connectivity index (χ0n) is 6.31. The number of rotatable bonds is 5. The molecular weight excluding hydrogens is 128 g/mol. The zero-order chi connectivity index (χ0) is 7.82. The predicted molar refractivity (Wildman–Crippen MR) is 41.3 cm³/mol. The molecule has 0 aromatic heterocycles. The molecule has 3 heteroatoms. The maximum absolute atomic E-state index is 10.5. The largest absolute Gasteiger partial charge is 0.288 e. The lowest BCUT2D eigenvalue weighted by Gasteiger charge is -2.01. The van der Waals surface area contributed by atoms with Crippen LogP contribution in [-0.2, 0) is 4.79 Å². The van der Waals surface area contributed by atoms with Crippen LogP contribution in [-0.4, -0.2) is 12.5 Å². The normalized spacial score (nSPS) is 8.90. The van der Waals surface area contributed by atoms with E-state index in [9.17, 15) is 4.79 Å². The van der Waals surface area contributed by atoms with Crippen molar-refractivity contribution in [2.45, 2.75) is 19.8 Å². The number of hydrazine groups is 1. The second-order valence-electron chi connectivity index (χ2n) is 1.97. The van der Waals surface area contributed by atoms with Gasteiger partial charge in [-0.1, -0.05) is 19.9 Å². The fourth-order valence-corrected chi connectivity index (χ4v) is 0.466. The van der Waals surface area contributed by atoms with E-state index in [0.29, 0.717) is 0 Å². The van der Waals surface area contributed by atoms with Crippen LogP contribution in [0.1, 0.15) is 19.8 Å². The summed E-state index contributed by atoms with van der Waals surface area (Å²) in [6.07, 6.45) is 3.42. The van der Waals surface area contributed by atoms with Crippen LogP contribution >= 0.6 is 0 Å². The number of amides is 1. The van der Waals surface area contributed by atoms with Crippen LogP contribution in [0.4, 0.5) is 0 Å². The Bertz CT molecular complexity index is 112. The highest BCUT2D eigenvalue weighted by Gasteiger charge is 1.88. The average molecular weight is 142 g/mol. The van der Waals surface area contributed by atoms with E-state index in [4.69, 9.17) is 0 Å². The summed E-state index contributed by atoms with van der Waals surface area (Å²) in [5, 5.41) is 0. The molecule has 0 atom stereocenters. The van der Waals surface area contributed by atoms with Crippen LogP contribution in [0.25, 0.3) is 0 Å².